The van der Waals surface area contributed by atoms with E-state index in [0.717, 1.165) is 11.4 Å². The van der Waals surface area contributed by atoms with E-state index in [1.54, 1.807) is 7.11 Å². The fourth-order valence-electron chi connectivity index (χ4n) is 1.18. The molecule has 1 heterocycles. The molecule has 0 fully saturated rings. The highest BCUT2D eigenvalue weighted by atomic mass is 16.5. The van der Waals surface area contributed by atoms with Crippen LogP contribution in [0.3, 0.4) is 0 Å². The molecule has 78 valence electrons. The summed E-state index contributed by atoms with van der Waals surface area (Å²) in [7, 11) is 1.65. The fraction of sp³-hybridized carbons (Fsp3) is 0.600. The third-order valence-corrected chi connectivity index (χ3v) is 1.91. The van der Waals surface area contributed by atoms with Gasteiger partial charge in [-0.1, -0.05) is 13.8 Å². The topological polar surface area (TPSA) is 61.0 Å². The third-order valence-electron chi connectivity index (χ3n) is 1.91. The van der Waals surface area contributed by atoms with Gasteiger partial charge in [0.05, 0.1) is 18.8 Å². The molecular weight excluding hydrogens is 178 g/mol. The van der Waals surface area contributed by atoms with Gasteiger partial charge in [0, 0.05) is 12.8 Å². The summed E-state index contributed by atoms with van der Waals surface area (Å²) >= 11 is 0. The summed E-state index contributed by atoms with van der Waals surface area (Å²) in [6.45, 7) is 5.07. The summed E-state index contributed by atoms with van der Waals surface area (Å²) in [4.78, 5) is 8.60. The molecule has 0 bridgehead atoms. The first-order chi connectivity index (χ1) is 6.67. The molecule has 1 aromatic rings. The molecule has 0 spiro atoms. The van der Waals surface area contributed by atoms with E-state index in [-0.39, 0.29) is 0 Å². The smallest absolute Gasteiger partial charge is 0.142 e. The van der Waals surface area contributed by atoms with Crippen molar-refractivity contribution < 1.29 is 4.74 Å². The van der Waals surface area contributed by atoms with Crippen LogP contribution in [0.4, 0.5) is 0 Å². The van der Waals surface area contributed by atoms with E-state index in [1.807, 2.05) is 6.07 Å². The van der Waals surface area contributed by atoms with Gasteiger partial charge in [-0.25, -0.2) is 9.97 Å². The SMILES string of the molecule is COCc1cc(C(C)C)nc(CN)n1. The second-order valence-corrected chi connectivity index (χ2v) is 3.49. The molecule has 0 radical (unpaired) electrons. The standard InChI is InChI=1S/C10H17N3O/c1-7(2)9-4-8(6-14-3)12-10(5-11)13-9/h4,7H,5-6,11H2,1-3H3. The van der Waals surface area contributed by atoms with Crippen molar-refractivity contribution in [3.05, 3.63) is 23.3 Å². The van der Waals surface area contributed by atoms with Crippen LogP contribution in [-0.2, 0) is 17.9 Å². The summed E-state index contributed by atoms with van der Waals surface area (Å²) in [5.41, 5.74) is 7.43. The maximum absolute atomic E-state index is 5.52. The highest BCUT2D eigenvalue weighted by molar-refractivity contribution is 5.13. The van der Waals surface area contributed by atoms with Crippen molar-refractivity contribution in [2.45, 2.75) is 32.9 Å². The Morgan fingerprint density at radius 3 is 2.64 bits per heavy atom. The Labute approximate surface area is 84.5 Å². The van der Waals surface area contributed by atoms with Crippen LogP contribution in [0, 0.1) is 0 Å². The predicted molar refractivity (Wildman–Crippen MR) is 54.7 cm³/mol. The lowest BCUT2D eigenvalue weighted by atomic mass is 10.1. The van der Waals surface area contributed by atoms with Gasteiger partial charge in [0.1, 0.15) is 5.82 Å². The normalized spacial score (nSPS) is 10.9. The molecule has 14 heavy (non-hydrogen) atoms. The van der Waals surface area contributed by atoms with Crippen molar-refractivity contribution in [1.82, 2.24) is 9.97 Å². The largest absolute Gasteiger partial charge is 0.378 e. The molecular formula is C10H17N3O. The van der Waals surface area contributed by atoms with Crippen LogP contribution in [0.1, 0.15) is 37.0 Å². The Bertz CT molecular complexity index is 299. The molecule has 0 atom stereocenters. The van der Waals surface area contributed by atoms with Crippen molar-refractivity contribution in [1.29, 1.82) is 0 Å². The van der Waals surface area contributed by atoms with Gasteiger partial charge in [-0.05, 0) is 12.0 Å². The lowest BCUT2D eigenvalue weighted by Gasteiger charge is -2.08. The Kier molecular flexibility index (Phi) is 3.98. The quantitative estimate of drug-likeness (QED) is 0.784. The Hall–Kier alpha value is -1.00. The van der Waals surface area contributed by atoms with E-state index in [9.17, 15) is 0 Å². The first-order valence-electron chi connectivity index (χ1n) is 4.73. The minimum absolute atomic E-state index is 0.372. The van der Waals surface area contributed by atoms with Gasteiger partial charge >= 0.3 is 0 Å². The minimum atomic E-state index is 0.372. The molecule has 2 N–H and O–H groups in total. The zero-order valence-electron chi connectivity index (χ0n) is 8.95. The van der Waals surface area contributed by atoms with Gasteiger partial charge in [0.15, 0.2) is 0 Å². The van der Waals surface area contributed by atoms with Crippen LogP contribution in [0.5, 0.6) is 0 Å². The lowest BCUT2D eigenvalue weighted by Crippen LogP contribution is -2.09. The summed E-state index contributed by atoms with van der Waals surface area (Å²) < 4.78 is 5.03. The zero-order chi connectivity index (χ0) is 10.6. The molecule has 0 aromatic carbocycles. The molecule has 0 saturated heterocycles. The van der Waals surface area contributed by atoms with E-state index in [0.29, 0.717) is 24.9 Å². The van der Waals surface area contributed by atoms with E-state index in [1.165, 1.54) is 0 Å². The minimum Gasteiger partial charge on any atom is -0.378 e. The molecule has 0 amide bonds. The van der Waals surface area contributed by atoms with Crippen LogP contribution >= 0.6 is 0 Å². The molecule has 4 heteroatoms. The molecule has 0 aliphatic rings. The number of aromatic nitrogens is 2. The molecule has 0 saturated carbocycles. The monoisotopic (exact) mass is 195 g/mol. The van der Waals surface area contributed by atoms with Gasteiger partial charge in [-0.3, -0.25) is 0 Å². The molecule has 1 aromatic heterocycles. The summed E-state index contributed by atoms with van der Waals surface area (Å²) in [6, 6.07) is 1.97. The second-order valence-electron chi connectivity index (χ2n) is 3.49. The number of rotatable bonds is 4. The summed E-state index contributed by atoms with van der Waals surface area (Å²) in [5, 5.41) is 0. The average molecular weight is 195 g/mol. The summed E-state index contributed by atoms with van der Waals surface area (Å²) in [6.07, 6.45) is 0. The van der Waals surface area contributed by atoms with E-state index >= 15 is 0 Å². The van der Waals surface area contributed by atoms with E-state index in [4.69, 9.17) is 10.5 Å². The Morgan fingerprint density at radius 2 is 2.14 bits per heavy atom. The zero-order valence-corrected chi connectivity index (χ0v) is 8.95. The van der Waals surface area contributed by atoms with Gasteiger partial charge < -0.3 is 10.5 Å². The van der Waals surface area contributed by atoms with E-state index in [2.05, 4.69) is 23.8 Å². The van der Waals surface area contributed by atoms with Gasteiger partial charge in [-0.15, -0.1) is 0 Å². The van der Waals surface area contributed by atoms with Crippen LogP contribution < -0.4 is 5.73 Å². The number of methoxy groups -OCH3 is 1. The average Bonchev–Trinajstić information content (AvgIpc) is 2.17. The maximum Gasteiger partial charge on any atom is 0.142 e. The predicted octanol–water partition coefficient (Wildman–Crippen LogP) is 1.21. The van der Waals surface area contributed by atoms with Gasteiger partial charge in [-0.2, -0.15) is 0 Å². The highest BCUT2D eigenvalue weighted by Gasteiger charge is 2.06. The number of ether oxygens (including phenoxy) is 1. The molecule has 4 nitrogen and oxygen atoms in total. The van der Waals surface area contributed by atoms with Crippen molar-refractivity contribution in [3.63, 3.8) is 0 Å². The number of hydrogen-bond donors (Lipinski definition) is 1. The molecule has 0 unspecified atom stereocenters. The third kappa shape index (κ3) is 2.75. The second kappa shape index (κ2) is 5.02. The fourth-order valence-corrected chi connectivity index (χ4v) is 1.18. The number of nitrogens with zero attached hydrogens (tertiary/aromatic N) is 2. The molecule has 0 aliphatic heterocycles. The van der Waals surface area contributed by atoms with Crippen LogP contribution in [0.2, 0.25) is 0 Å². The van der Waals surface area contributed by atoms with Gasteiger partial charge in [0.2, 0.25) is 0 Å². The van der Waals surface area contributed by atoms with Crippen molar-refractivity contribution in [2.24, 2.45) is 5.73 Å². The number of hydrogen-bond acceptors (Lipinski definition) is 4. The van der Waals surface area contributed by atoms with Crippen LogP contribution in [-0.4, -0.2) is 17.1 Å². The van der Waals surface area contributed by atoms with Crippen molar-refractivity contribution in [2.75, 3.05) is 7.11 Å². The van der Waals surface area contributed by atoms with Crippen molar-refractivity contribution >= 4 is 0 Å². The Balaban J connectivity index is 3.00. The lowest BCUT2D eigenvalue weighted by molar-refractivity contribution is 0.181. The van der Waals surface area contributed by atoms with Crippen LogP contribution in [0.25, 0.3) is 0 Å². The maximum atomic E-state index is 5.52. The van der Waals surface area contributed by atoms with Crippen LogP contribution in [0.15, 0.2) is 6.07 Å². The number of nitrogens with two attached hydrogens (primary N) is 1. The first-order valence-corrected chi connectivity index (χ1v) is 4.73. The first kappa shape index (κ1) is 11.1. The molecule has 1 rings (SSSR count). The Morgan fingerprint density at radius 1 is 1.43 bits per heavy atom. The summed E-state index contributed by atoms with van der Waals surface area (Å²) in [5.74, 6) is 1.07. The van der Waals surface area contributed by atoms with Crippen molar-refractivity contribution in [3.8, 4) is 0 Å². The molecule has 0 aliphatic carbocycles. The highest BCUT2D eigenvalue weighted by Crippen LogP contribution is 2.13. The van der Waals surface area contributed by atoms with Gasteiger partial charge in [0.25, 0.3) is 0 Å². The van der Waals surface area contributed by atoms with E-state index < -0.39 is 0 Å².